The SMILES string of the molecule is CCN(CC)CCO/N=C1\CCCOc2ccc(Br)cc21.Cl. The number of rotatable bonds is 6. The Hall–Kier alpha value is -0.780. The molecule has 6 heteroatoms. The van der Waals surface area contributed by atoms with Gasteiger partial charge in [-0.05, 0) is 44.1 Å². The summed E-state index contributed by atoms with van der Waals surface area (Å²) in [6, 6.07) is 6.02. The van der Waals surface area contributed by atoms with Gasteiger partial charge in [-0.15, -0.1) is 12.4 Å². The Morgan fingerprint density at radius 2 is 2.09 bits per heavy atom. The van der Waals surface area contributed by atoms with Crippen molar-refractivity contribution in [2.75, 3.05) is 32.8 Å². The van der Waals surface area contributed by atoms with Gasteiger partial charge in [-0.1, -0.05) is 34.9 Å². The summed E-state index contributed by atoms with van der Waals surface area (Å²) in [5.41, 5.74) is 2.01. The summed E-state index contributed by atoms with van der Waals surface area (Å²) in [4.78, 5) is 7.86. The Bertz CT molecular complexity index is 493. The molecule has 0 amide bonds. The van der Waals surface area contributed by atoms with Crippen molar-refractivity contribution in [3.63, 3.8) is 0 Å². The number of hydrogen-bond acceptors (Lipinski definition) is 4. The zero-order valence-electron chi connectivity index (χ0n) is 13.2. The van der Waals surface area contributed by atoms with Crippen LogP contribution in [0.1, 0.15) is 32.3 Å². The zero-order chi connectivity index (χ0) is 15.1. The van der Waals surface area contributed by atoms with E-state index in [0.29, 0.717) is 6.61 Å². The monoisotopic (exact) mass is 390 g/mol. The highest BCUT2D eigenvalue weighted by Gasteiger charge is 2.16. The Balaban J connectivity index is 0.00000242. The molecule has 0 atom stereocenters. The summed E-state index contributed by atoms with van der Waals surface area (Å²) in [5, 5.41) is 4.36. The van der Waals surface area contributed by atoms with E-state index in [4.69, 9.17) is 9.57 Å². The first-order valence-corrected chi connectivity index (χ1v) is 8.37. The quantitative estimate of drug-likeness (QED) is 0.540. The molecule has 1 aliphatic rings. The molecule has 0 radical (unpaired) electrons. The number of ether oxygens (including phenoxy) is 1. The van der Waals surface area contributed by atoms with E-state index in [-0.39, 0.29) is 12.4 Å². The van der Waals surface area contributed by atoms with Gasteiger partial charge in [0, 0.05) is 16.6 Å². The molecule has 1 heterocycles. The predicted molar refractivity (Wildman–Crippen MR) is 96.4 cm³/mol. The fourth-order valence-electron chi connectivity index (χ4n) is 2.34. The highest BCUT2D eigenvalue weighted by molar-refractivity contribution is 9.10. The lowest BCUT2D eigenvalue weighted by atomic mass is 10.1. The van der Waals surface area contributed by atoms with Crippen LogP contribution in [0.15, 0.2) is 27.8 Å². The molecule has 0 saturated carbocycles. The molecule has 22 heavy (non-hydrogen) atoms. The van der Waals surface area contributed by atoms with Gasteiger partial charge in [-0.25, -0.2) is 0 Å². The Labute approximate surface area is 147 Å². The van der Waals surface area contributed by atoms with Crippen LogP contribution in [0, 0.1) is 0 Å². The number of likely N-dealkylation sites (N-methyl/N-ethyl adjacent to an activating group) is 1. The topological polar surface area (TPSA) is 34.1 Å². The van der Waals surface area contributed by atoms with E-state index in [2.05, 4.69) is 39.8 Å². The van der Waals surface area contributed by atoms with Crippen LogP contribution >= 0.6 is 28.3 Å². The van der Waals surface area contributed by atoms with E-state index in [1.54, 1.807) is 0 Å². The molecular weight excluding hydrogens is 368 g/mol. The third-order valence-corrected chi connectivity index (χ3v) is 4.13. The summed E-state index contributed by atoms with van der Waals surface area (Å²) >= 11 is 3.50. The van der Waals surface area contributed by atoms with Gasteiger partial charge in [0.15, 0.2) is 0 Å². The summed E-state index contributed by atoms with van der Waals surface area (Å²) < 4.78 is 6.78. The first-order valence-electron chi connectivity index (χ1n) is 7.58. The minimum atomic E-state index is 0. The van der Waals surface area contributed by atoms with Crippen molar-refractivity contribution in [3.8, 4) is 5.75 Å². The maximum atomic E-state index is 5.75. The molecule has 0 aliphatic carbocycles. The van der Waals surface area contributed by atoms with Gasteiger partial charge in [0.2, 0.25) is 0 Å². The molecule has 2 rings (SSSR count). The fourth-order valence-corrected chi connectivity index (χ4v) is 2.70. The van der Waals surface area contributed by atoms with E-state index >= 15 is 0 Å². The van der Waals surface area contributed by atoms with Crippen molar-refractivity contribution in [2.24, 2.45) is 5.16 Å². The van der Waals surface area contributed by atoms with Crippen LogP contribution in [-0.2, 0) is 4.84 Å². The van der Waals surface area contributed by atoms with E-state index in [1.807, 2.05) is 18.2 Å². The van der Waals surface area contributed by atoms with Crippen molar-refractivity contribution >= 4 is 34.0 Å². The normalized spacial score (nSPS) is 15.7. The molecule has 1 aromatic rings. The molecule has 0 unspecified atom stereocenters. The second-order valence-electron chi connectivity index (χ2n) is 4.99. The molecule has 0 bridgehead atoms. The van der Waals surface area contributed by atoms with Crippen LogP contribution in [-0.4, -0.2) is 43.5 Å². The van der Waals surface area contributed by atoms with Crippen LogP contribution in [0.4, 0.5) is 0 Å². The van der Waals surface area contributed by atoms with E-state index < -0.39 is 0 Å². The molecule has 0 aromatic heterocycles. The lowest BCUT2D eigenvalue weighted by molar-refractivity contribution is 0.114. The summed E-state index contributed by atoms with van der Waals surface area (Å²) in [6.45, 7) is 8.66. The zero-order valence-corrected chi connectivity index (χ0v) is 15.6. The summed E-state index contributed by atoms with van der Waals surface area (Å²) in [6.07, 6.45) is 1.85. The third kappa shape index (κ3) is 5.45. The number of fused-ring (bicyclic) bond motifs is 1. The van der Waals surface area contributed by atoms with E-state index in [0.717, 1.165) is 60.6 Å². The van der Waals surface area contributed by atoms with Crippen LogP contribution < -0.4 is 4.74 Å². The first kappa shape index (κ1) is 19.3. The van der Waals surface area contributed by atoms with Crippen molar-refractivity contribution in [1.29, 1.82) is 0 Å². The highest BCUT2D eigenvalue weighted by atomic mass is 79.9. The predicted octanol–water partition coefficient (Wildman–Crippen LogP) is 4.11. The number of halogens is 2. The Kier molecular flexibility index (Phi) is 8.83. The molecule has 0 saturated heterocycles. The number of hydrogen-bond donors (Lipinski definition) is 0. The van der Waals surface area contributed by atoms with Crippen LogP contribution in [0.2, 0.25) is 0 Å². The van der Waals surface area contributed by atoms with E-state index in [1.165, 1.54) is 0 Å². The number of nitrogens with zero attached hydrogens (tertiary/aromatic N) is 2. The molecule has 0 N–H and O–H groups in total. The highest BCUT2D eigenvalue weighted by Crippen LogP contribution is 2.27. The molecule has 0 spiro atoms. The molecule has 1 aliphatic heterocycles. The average molecular weight is 392 g/mol. The van der Waals surface area contributed by atoms with Crippen molar-refractivity contribution < 1.29 is 9.57 Å². The molecule has 4 nitrogen and oxygen atoms in total. The second-order valence-corrected chi connectivity index (χ2v) is 5.91. The van der Waals surface area contributed by atoms with Gasteiger partial charge in [-0.3, -0.25) is 0 Å². The average Bonchev–Trinajstić information content (AvgIpc) is 2.69. The number of benzene rings is 1. The third-order valence-electron chi connectivity index (χ3n) is 3.64. The van der Waals surface area contributed by atoms with Gasteiger partial charge in [0.1, 0.15) is 12.4 Å². The minimum absolute atomic E-state index is 0. The Morgan fingerprint density at radius 3 is 2.82 bits per heavy atom. The maximum absolute atomic E-state index is 5.75. The Morgan fingerprint density at radius 1 is 1.32 bits per heavy atom. The number of oxime groups is 1. The van der Waals surface area contributed by atoms with E-state index in [9.17, 15) is 0 Å². The lowest BCUT2D eigenvalue weighted by Crippen LogP contribution is -2.26. The van der Waals surface area contributed by atoms with Gasteiger partial charge in [-0.2, -0.15) is 0 Å². The van der Waals surface area contributed by atoms with Crippen LogP contribution in [0.3, 0.4) is 0 Å². The minimum Gasteiger partial charge on any atom is -0.493 e. The van der Waals surface area contributed by atoms with Crippen molar-refractivity contribution in [1.82, 2.24) is 4.90 Å². The van der Waals surface area contributed by atoms with Crippen LogP contribution in [0.25, 0.3) is 0 Å². The van der Waals surface area contributed by atoms with Gasteiger partial charge < -0.3 is 14.5 Å². The second kappa shape index (κ2) is 10.1. The van der Waals surface area contributed by atoms with Gasteiger partial charge >= 0.3 is 0 Å². The molecular formula is C16H24BrClN2O2. The summed E-state index contributed by atoms with van der Waals surface area (Å²) in [5.74, 6) is 0.891. The molecule has 1 aromatic carbocycles. The largest absolute Gasteiger partial charge is 0.493 e. The smallest absolute Gasteiger partial charge is 0.129 e. The molecule has 124 valence electrons. The van der Waals surface area contributed by atoms with Gasteiger partial charge in [0.05, 0.1) is 12.3 Å². The standard InChI is InChI=1S/C16H23BrN2O2.ClH/c1-3-19(4-2)9-11-21-18-15-6-5-10-20-16-8-7-13(17)12-14(15)16;/h7-8,12H,3-6,9-11H2,1-2H3;1H/b18-15+;. The molecule has 0 fully saturated rings. The first-order chi connectivity index (χ1) is 10.2. The maximum Gasteiger partial charge on any atom is 0.129 e. The lowest BCUT2D eigenvalue weighted by Gasteiger charge is -2.16. The van der Waals surface area contributed by atoms with Crippen molar-refractivity contribution in [2.45, 2.75) is 26.7 Å². The fraction of sp³-hybridized carbons (Fsp3) is 0.562. The van der Waals surface area contributed by atoms with Gasteiger partial charge in [0.25, 0.3) is 0 Å². The summed E-state index contributed by atoms with van der Waals surface area (Å²) in [7, 11) is 0. The van der Waals surface area contributed by atoms with Crippen LogP contribution in [0.5, 0.6) is 5.75 Å². The van der Waals surface area contributed by atoms with Crippen molar-refractivity contribution in [3.05, 3.63) is 28.2 Å².